The normalized spacial score (nSPS) is 17.0. The second-order valence-electron chi connectivity index (χ2n) is 5.13. The summed E-state index contributed by atoms with van der Waals surface area (Å²) in [4.78, 5) is 6.28. The first-order valence-corrected chi connectivity index (χ1v) is 7.81. The average Bonchev–Trinajstić information content (AvgIpc) is 2.97. The van der Waals surface area contributed by atoms with Crippen LogP contribution in [0.5, 0.6) is 5.19 Å². The van der Waals surface area contributed by atoms with Crippen LogP contribution in [0.2, 0.25) is 0 Å². The maximum absolute atomic E-state index is 13.6. The third kappa shape index (κ3) is 3.77. The van der Waals surface area contributed by atoms with Crippen LogP contribution in [0.25, 0.3) is 0 Å². The van der Waals surface area contributed by atoms with E-state index in [0.717, 1.165) is 32.0 Å². The van der Waals surface area contributed by atoms with Gasteiger partial charge in [-0.25, -0.2) is 13.8 Å². The van der Waals surface area contributed by atoms with Crippen molar-refractivity contribution in [3.8, 4) is 5.19 Å². The van der Waals surface area contributed by atoms with Crippen molar-refractivity contribution in [2.24, 2.45) is 0 Å². The van der Waals surface area contributed by atoms with Crippen LogP contribution in [-0.2, 0) is 6.54 Å². The summed E-state index contributed by atoms with van der Waals surface area (Å²) >= 11 is 1.49. The average molecular weight is 310 g/mol. The lowest BCUT2D eigenvalue weighted by Crippen LogP contribution is -2.37. The van der Waals surface area contributed by atoms with Crippen LogP contribution in [-0.4, -0.2) is 29.1 Å². The predicted octanol–water partition coefficient (Wildman–Crippen LogP) is 3.46. The van der Waals surface area contributed by atoms with E-state index < -0.39 is 11.6 Å². The Kier molecular flexibility index (Phi) is 4.45. The summed E-state index contributed by atoms with van der Waals surface area (Å²) in [6, 6.07) is 3.76. The van der Waals surface area contributed by atoms with Crippen LogP contribution in [0.3, 0.4) is 0 Å². The molecule has 3 nitrogen and oxygen atoms in total. The minimum absolute atomic E-state index is 0.172. The molecule has 0 aliphatic carbocycles. The van der Waals surface area contributed by atoms with Gasteiger partial charge in [0.05, 0.1) is 0 Å². The number of piperidine rings is 1. The molecular weight excluding hydrogens is 294 g/mol. The van der Waals surface area contributed by atoms with Gasteiger partial charge in [0.15, 0.2) is 0 Å². The van der Waals surface area contributed by atoms with Crippen LogP contribution in [0.1, 0.15) is 18.4 Å². The molecule has 0 unspecified atom stereocenters. The molecule has 1 saturated heterocycles. The highest BCUT2D eigenvalue weighted by molar-refractivity contribution is 7.11. The highest BCUT2D eigenvalue weighted by Crippen LogP contribution is 2.22. The van der Waals surface area contributed by atoms with E-state index in [2.05, 4.69) is 9.88 Å². The lowest BCUT2D eigenvalue weighted by Gasteiger charge is -2.31. The Hall–Kier alpha value is -1.53. The fourth-order valence-corrected chi connectivity index (χ4v) is 3.04. The molecule has 2 heterocycles. The van der Waals surface area contributed by atoms with E-state index in [1.165, 1.54) is 23.5 Å². The number of hydrogen-bond donors (Lipinski definition) is 0. The molecule has 1 aliphatic rings. The summed E-state index contributed by atoms with van der Waals surface area (Å²) in [5.74, 6) is -1.01. The van der Waals surface area contributed by atoms with Gasteiger partial charge >= 0.3 is 0 Å². The fourth-order valence-electron chi connectivity index (χ4n) is 2.49. The Bertz CT molecular complexity index is 583. The molecule has 0 bridgehead atoms. The summed E-state index contributed by atoms with van der Waals surface area (Å²) in [5.41, 5.74) is 0.538. The Labute approximate surface area is 126 Å². The van der Waals surface area contributed by atoms with E-state index in [1.807, 2.05) is 5.38 Å². The van der Waals surface area contributed by atoms with E-state index >= 15 is 0 Å². The Morgan fingerprint density at radius 3 is 2.76 bits per heavy atom. The number of halogens is 2. The minimum atomic E-state index is -0.535. The molecule has 0 saturated carbocycles. The standard InChI is InChI=1S/C15H16F2N2OS/c16-12-2-1-11(14(17)9-12)10-19-6-3-13(4-7-19)20-15-18-5-8-21-15/h1-2,5,8-9,13H,3-4,6-7,10H2. The Balaban J connectivity index is 1.51. The molecule has 0 N–H and O–H groups in total. The lowest BCUT2D eigenvalue weighted by molar-refractivity contribution is 0.0959. The quantitative estimate of drug-likeness (QED) is 0.865. The smallest absolute Gasteiger partial charge is 0.273 e. The van der Waals surface area contributed by atoms with Crippen molar-refractivity contribution in [2.45, 2.75) is 25.5 Å². The second kappa shape index (κ2) is 6.49. The lowest BCUT2D eigenvalue weighted by atomic mass is 10.1. The number of ether oxygens (including phenoxy) is 1. The van der Waals surface area contributed by atoms with Crippen LogP contribution >= 0.6 is 11.3 Å². The highest BCUT2D eigenvalue weighted by atomic mass is 32.1. The number of hydrogen-bond acceptors (Lipinski definition) is 4. The molecule has 1 aliphatic heterocycles. The molecule has 112 valence electrons. The molecule has 3 rings (SSSR count). The number of aromatic nitrogens is 1. The van der Waals surface area contributed by atoms with Gasteiger partial charge in [-0.1, -0.05) is 17.4 Å². The predicted molar refractivity (Wildman–Crippen MR) is 77.4 cm³/mol. The highest BCUT2D eigenvalue weighted by Gasteiger charge is 2.22. The van der Waals surface area contributed by atoms with Gasteiger partial charge in [-0.3, -0.25) is 4.90 Å². The Morgan fingerprint density at radius 2 is 2.10 bits per heavy atom. The molecule has 1 aromatic carbocycles. The largest absolute Gasteiger partial charge is 0.467 e. The zero-order valence-corrected chi connectivity index (χ0v) is 12.3. The molecule has 6 heteroatoms. The van der Waals surface area contributed by atoms with Gasteiger partial charge in [-0.15, -0.1) is 0 Å². The SMILES string of the molecule is Fc1ccc(CN2CCC(Oc3nccs3)CC2)c(F)c1. The van der Waals surface area contributed by atoms with E-state index in [0.29, 0.717) is 17.3 Å². The first kappa shape index (κ1) is 14.4. The molecule has 21 heavy (non-hydrogen) atoms. The minimum Gasteiger partial charge on any atom is -0.467 e. The summed E-state index contributed by atoms with van der Waals surface area (Å²) in [7, 11) is 0. The molecule has 1 aromatic heterocycles. The zero-order chi connectivity index (χ0) is 14.7. The number of rotatable bonds is 4. The van der Waals surface area contributed by atoms with Crippen molar-refractivity contribution in [3.63, 3.8) is 0 Å². The molecule has 0 radical (unpaired) electrons. The summed E-state index contributed by atoms with van der Waals surface area (Å²) in [6.45, 7) is 2.19. The van der Waals surface area contributed by atoms with Crippen molar-refractivity contribution in [3.05, 3.63) is 47.0 Å². The van der Waals surface area contributed by atoms with E-state index in [4.69, 9.17) is 4.74 Å². The van der Waals surface area contributed by atoms with Gasteiger partial charge in [0.1, 0.15) is 17.7 Å². The van der Waals surface area contributed by atoms with Crippen molar-refractivity contribution in [1.29, 1.82) is 0 Å². The number of likely N-dealkylation sites (tertiary alicyclic amines) is 1. The van der Waals surface area contributed by atoms with Crippen LogP contribution in [0, 0.1) is 11.6 Å². The number of nitrogens with zero attached hydrogens (tertiary/aromatic N) is 2. The zero-order valence-electron chi connectivity index (χ0n) is 11.5. The number of thiazole rings is 1. The molecule has 1 fully saturated rings. The third-order valence-electron chi connectivity index (χ3n) is 3.62. The monoisotopic (exact) mass is 310 g/mol. The van der Waals surface area contributed by atoms with Crippen LogP contribution < -0.4 is 4.74 Å². The maximum Gasteiger partial charge on any atom is 0.273 e. The van der Waals surface area contributed by atoms with Crippen molar-refractivity contribution < 1.29 is 13.5 Å². The maximum atomic E-state index is 13.6. The van der Waals surface area contributed by atoms with Crippen molar-refractivity contribution in [2.75, 3.05) is 13.1 Å². The van der Waals surface area contributed by atoms with Crippen molar-refractivity contribution in [1.82, 2.24) is 9.88 Å². The van der Waals surface area contributed by atoms with Crippen LogP contribution in [0.4, 0.5) is 8.78 Å². The third-order valence-corrected chi connectivity index (χ3v) is 4.28. The molecule has 0 amide bonds. The first-order chi connectivity index (χ1) is 10.2. The Morgan fingerprint density at radius 1 is 1.29 bits per heavy atom. The summed E-state index contributed by atoms with van der Waals surface area (Å²) < 4.78 is 32.3. The molecule has 0 atom stereocenters. The molecule has 2 aromatic rings. The van der Waals surface area contributed by atoms with E-state index in [1.54, 1.807) is 6.20 Å². The van der Waals surface area contributed by atoms with Gasteiger partial charge < -0.3 is 4.74 Å². The van der Waals surface area contributed by atoms with E-state index in [9.17, 15) is 8.78 Å². The van der Waals surface area contributed by atoms with Gasteiger partial charge in [-0.05, 0) is 18.9 Å². The van der Waals surface area contributed by atoms with Crippen LogP contribution in [0.15, 0.2) is 29.8 Å². The second-order valence-corrected chi connectivity index (χ2v) is 5.98. The molecular formula is C15H16F2N2OS. The van der Waals surface area contributed by atoms with Gasteiger partial charge in [0.2, 0.25) is 0 Å². The summed E-state index contributed by atoms with van der Waals surface area (Å²) in [5, 5.41) is 2.60. The fraction of sp³-hybridized carbons (Fsp3) is 0.400. The van der Waals surface area contributed by atoms with Gasteiger partial charge in [0, 0.05) is 42.8 Å². The van der Waals surface area contributed by atoms with Gasteiger partial charge in [0.25, 0.3) is 5.19 Å². The van der Waals surface area contributed by atoms with Crippen molar-refractivity contribution >= 4 is 11.3 Å². The summed E-state index contributed by atoms with van der Waals surface area (Å²) in [6.07, 6.45) is 3.68. The first-order valence-electron chi connectivity index (χ1n) is 6.93. The topological polar surface area (TPSA) is 25.4 Å². The number of benzene rings is 1. The van der Waals surface area contributed by atoms with Gasteiger partial charge in [-0.2, -0.15) is 0 Å². The molecule has 0 spiro atoms. The van der Waals surface area contributed by atoms with E-state index in [-0.39, 0.29) is 6.10 Å².